The topological polar surface area (TPSA) is 9.23 Å². The van der Waals surface area contributed by atoms with Gasteiger partial charge in [-0.3, -0.25) is 0 Å². The van der Waals surface area contributed by atoms with E-state index in [1.807, 2.05) is 0 Å². The number of halogens is 1. The van der Waals surface area contributed by atoms with Gasteiger partial charge in [-0.15, -0.1) is 0 Å². The predicted molar refractivity (Wildman–Crippen MR) is 58.3 cm³/mol. The zero-order valence-electron chi connectivity index (χ0n) is 7.01. The van der Waals surface area contributed by atoms with Gasteiger partial charge in [-0.2, -0.15) is 0 Å². The summed E-state index contributed by atoms with van der Waals surface area (Å²) in [5.41, 5.74) is 2.72. The summed E-state index contributed by atoms with van der Waals surface area (Å²) < 4.78 is 6.70. The number of aryl methyl sites for hydroxylation is 1. The van der Waals surface area contributed by atoms with Gasteiger partial charge in [0.2, 0.25) is 0 Å². The molecular formula is C10H11IO. The molecule has 1 aromatic rings. The third kappa shape index (κ3) is 1.32. The monoisotopic (exact) mass is 274 g/mol. The Bertz CT molecular complexity index is 296. The van der Waals surface area contributed by atoms with E-state index in [1.54, 1.807) is 0 Å². The highest BCUT2D eigenvalue weighted by atomic mass is 127. The van der Waals surface area contributed by atoms with E-state index in [0.29, 0.717) is 5.92 Å². The third-order valence-corrected chi connectivity index (χ3v) is 3.29. The van der Waals surface area contributed by atoms with Crippen molar-refractivity contribution in [1.82, 2.24) is 0 Å². The molecule has 1 atom stereocenters. The summed E-state index contributed by atoms with van der Waals surface area (Å²) in [5, 5.41) is 0. The molecule has 1 aromatic carbocycles. The Hall–Kier alpha value is -0.250. The Kier molecular flexibility index (Phi) is 2.26. The van der Waals surface area contributed by atoms with Crippen molar-refractivity contribution in [2.45, 2.75) is 12.8 Å². The van der Waals surface area contributed by atoms with Crippen molar-refractivity contribution < 1.29 is 4.74 Å². The second kappa shape index (κ2) is 3.24. The molecule has 0 bridgehead atoms. The zero-order valence-corrected chi connectivity index (χ0v) is 9.17. The second-order valence-corrected chi connectivity index (χ2v) is 4.08. The van der Waals surface area contributed by atoms with E-state index >= 15 is 0 Å². The average Bonchev–Trinajstić information content (AvgIpc) is 2.46. The number of ether oxygens (including phenoxy) is 1. The van der Waals surface area contributed by atoms with E-state index in [4.69, 9.17) is 4.74 Å². The molecule has 1 aliphatic heterocycles. The lowest BCUT2D eigenvalue weighted by Crippen LogP contribution is -2.00. The van der Waals surface area contributed by atoms with E-state index in [-0.39, 0.29) is 0 Å². The molecule has 0 N–H and O–H groups in total. The van der Waals surface area contributed by atoms with Gasteiger partial charge < -0.3 is 4.74 Å². The number of alkyl halides is 1. The van der Waals surface area contributed by atoms with Crippen molar-refractivity contribution in [2.75, 3.05) is 11.0 Å². The van der Waals surface area contributed by atoms with Crippen molar-refractivity contribution in [1.29, 1.82) is 0 Å². The number of benzene rings is 1. The van der Waals surface area contributed by atoms with Crippen LogP contribution in [0.3, 0.4) is 0 Å². The number of hydrogen-bond donors (Lipinski definition) is 0. The normalized spacial score (nSPS) is 20.3. The largest absolute Gasteiger partial charge is 0.493 e. The van der Waals surface area contributed by atoms with Gasteiger partial charge in [-0.25, -0.2) is 0 Å². The van der Waals surface area contributed by atoms with E-state index in [1.165, 1.54) is 11.1 Å². The van der Waals surface area contributed by atoms with Gasteiger partial charge >= 0.3 is 0 Å². The highest BCUT2D eigenvalue weighted by molar-refractivity contribution is 14.1. The van der Waals surface area contributed by atoms with Gasteiger partial charge in [0.1, 0.15) is 5.75 Å². The van der Waals surface area contributed by atoms with Crippen LogP contribution in [0.5, 0.6) is 5.75 Å². The maximum atomic E-state index is 5.55. The molecule has 0 aromatic heterocycles. The molecule has 1 heterocycles. The zero-order chi connectivity index (χ0) is 8.55. The smallest absolute Gasteiger partial charge is 0.122 e. The lowest BCUT2D eigenvalue weighted by atomic mass is 10.0. The van der Waals surface area contributed by atoms with Crippen molar-refractivity contribution in [3.63, 3.8) is 0 Å². The number of hydrogen-bond acceptors (Lipinski definition) is 1. The molecule has 0 spiro atoms. The molecule has 0 amide bonds. The van der Waals surface area contributed by atoms with Crippen molar-refractivity contribution in [2.24, 2.45) is 0 Å². The summed E-state index contributed by atoms with van der Waals surface area (Å²) in [4.78, 5) is 0. The summed E-state index contributed by atoms with van der Waals surface area (Å²) in [6.07, 6.45) is 0. The van der Waals surface area contributed by atoms with Gasteiger partial charge in [-0.05, 0) is 13.0 Å². The van der Waals surface area contributed by atoms with E-state index < -0.39 is 0 Å². The van der Waals surface area contributed by atoms with Gasteiger partial charge in [0.15, 0.2) is 0 Å². The molecule has 12 heavy (non-hydrogen) atoms. The fraction of sp³-hybridized carbons (Fsp3) is 0.400. The van der Waals surface area contributed by atoms with Crippen LogP contribution in [-0.2, 0) is 0 Å². The summed E-state index contributed by atoms with van der Waals surface area (Å²) in [6, 6.07) is 6.43. The second-order valence-electron chi connectivity index (χ2n) is 3.20. The molecule has 1 nitrogen and oxygen atoms in total. The Morgan fingerprint density at radius 2 is 2.42 bits per heavy atom. The lowest BCUT2D eigenvalue weighted by Gasteiger charge is -2.03. The van der Waals surface area contributed by atoms with Gasteiger partial charge in [-0.1, -0.05) is 40.3 Å². The molecule has 0 aliphatic carbocycles. The Morgan fingerprint density at radius 3 is 3.17 bits per heavy atom. The van der Waals surface area contributed by atoms with Gasteiger partial charge in [0, 0.05) is 15.9 Å². The first kappa shape index (κ1) is 8.35. The molecule has 2 rings (SSSR count). The average molecular weight is 274 g/mol. The highest BCUT2D eigenvalue weighted by Gasteiger charge is 2.22. The van der Waals surface area contributed by atoms with Crippen LogP contribution in [0.1, 0.15) is 17.0 Å². The molecule has 2 heteroatoms. The summed E-state index contributed by atoms with van der Waals surface area (Å²) in [5.74, 6) is 1.70. The van der Waals surface area contributed by atoms with Crippen molar-refractivity contribution in [3.8, 4) is 5.75 Å². The molecule has 0 radical (unpaired) electrons. The fourth-order valence-electron chi connectivity index (χ4n) is 1.53. The molecule has 64 valence electrons. The summed E-state index contributed by atoms with van der Waals surface area (Å²) in [7, 11) is 0. The highest BCUT2D eigenvalue weighted by Crippen LogP contribution is 2.35. The van der Waals surface area contributed by atoms with Crippen LogP contribution in [0.2, 0.25) is 0 Å². The number of fused-ring (bicyclic) bond motifs is 1. The molecule has 0 fully saturated rings. The summed E-state index contributed by atoms with van der Waals surface area (Å²) in [6.45, 7) is 2.99. The quantitative estimate of drug-likeness (QED) is 0.565. The van der Waals surface area contributed by atoms with E-state index in [0.717, 1.165) is 16.8 Å². The Morgan fingerprint density at radius 1 is 1.58 bits per heavy atom. The first-order chi connectivity index (χ1) is 5.81. The fourth-order valence-corrected chi connectivity index (χ4v) is 2.25. The maximum Gasteiger partial charge on any atom is 0.122 e. The minimum atomic E-state index is 0.612. The summed E-state index contributed by atoms with van der Waals surface area (Å²) >= 11 is 2.42. The first-order valence-electron chi connectivity index (χ1n) is 4.10. The van der Waals surface area contributed by atoms with Crippen LogP contribution >= 0.6 is 22.6 Å². The number of rotatable bonds is 1. The van der Waals surface area contributed by atoms with Crippen LogP contribution in [0.25, 0.3) is 0 Å². The van der Waals surface area contributed by atoms with Crippen molar-refractivity contribution >= 4 is 22.6 Å². The molecule has 1 unspecified atom stereocenters. The molecule has 0 saturated heterocycles. The first-order valence-corrected chi connectivity index (χ1v) is 5.63. The van der Waals surface area contributed by atoms with Crippen LogP contribution < -0.4 is 4.74 Å². The Balaban J connectivity index is 2.42. The molecule has 0 saturated carbocycles. The van der Waals surface area contributed by atoms with Crippen molar-refractivity contribution in [3.05, 3.63) is 29.3 Å². The van der Waals surface area contributed by atoms with Crippen LogP contribution in [0.15, 0.2) is 18.2 Å². The lowest BCUT2D eigenvalue weighted by molar-refractivity contribution is 0.339. The van der Waals surface area contributed by atoms with E-state index in [2.05, 4.69) is 47.7 Å². The minimum absolute atomic E-state index is 0.612. The van der Waals surface area contributed by atoms with Crippen LogP contribution in [0, 0.1) is 6.92 Å². The predicted octanol–water partition coefficient (Wildman–Crippen LogP) is 2.91. The molecular weight excluding hydrogens is 263 g/mol. The maximum absolute atomic E-state index is 5.55. The Labute approximate surface area is 86.3 Å². The SMILES string of the molecule is Cc1ccc2c(c1)C(CI)CO2. The molecule has 1 aliphatic rings. The minimum Gasteiger partial charge on any atom is -0.493 e. The standard InChI is InChI=1S/C10H11IO/c1-7-2-3-10-9(4-7)8(5-11)6-12-10/h2-4,8H,5-6H2,1H3. The van der Waals surface area contributed by atoms with Crippen LogP contribution in [-0.4, -0.2) is 11.0 Å². The van der Waals surface area contributed by atoms with E-state index in [9.17, 15) is 0 Å². The van der Waals surface area contributed by atoms with Gasteiger partial charge in [0.05, 0.1) is 6.61 Å². The van der Waals surface area contributed by atoms with Crippen LogP contribution in [0.4, 0.5) is 0 Å². The third-order valence-electron chi connectivity index (χ3n) is 2.23. The van der Waals surface area contributed by atoms with Gasteiger partial charge in [0.25, 0.3) is 0 Å².